The lowest BCUT2D eigenvalue weighted by molar-refractivity contribution is 0.0514. The van der Waals surface area contributed by atoms with Gasteiger partial charge in [-0.1, -0.05) is 43.1 Å². The molecule has 108 valence electrons. The van der Waals surface area contributed by atoms with Crippen LogP contribution in [0.15, 0.2) is 18.2 Å². The number of rotatable bonds is 7. The lowest BCUT2D eigenvalue weighted by Crippen LogP contribution is -2.33. The molecule has 1 unspecified atom stereocenters. The van der Waals surface area contributed by atoms with Gasteiger partial charge in [-0.25, -0.2) is 0 Å². The van der Waals surface area contributed by atoms with Gasteiger partial charge in [-0.05, 0) is 50.0 Å². The molecule has 0 fully saturated rings. The average molecular weight is 304 g/mol. The first-order chi connectivity index (χ1) is 8.80. The maximum atomic E-state index is 10.4. The van der Waals surface area contributed by atoms with Crippen LogP contribution >= 0.6 is 23.2 Å². The molecular weight excluding hydrogens is 281 g/mol. The minimum Gasteiger partial charge on any atom is -0.390 e. The molecule has 0 spiro atoms. The van der Waals surface area contributed by atoms with Crippen molar-refractivity contribution in [2.24, 2.45) is 5.92 Å². The summed E-state index contributed by atoms with van der Waals surface area (Å²) in [4.78, 5) is 0. The van der Waals surface area contributed by atoms with Crippen LogP contribution in [0, 0.1) is 5.92 Å². The Labute approximate surface area is 126 Å². The Morgan fingerprint density at radius 2 is 2.00 bits per heavy atom. The molecule has 0 aliphatic carbocycles. The molecule has 0 radical (unpaired) electrons. The van der Waals surface area contributed by atoms with Crippen molar-refractivity contribution in [3.05, 3.63) is 33.8 Å². The second kappa shape index (κ2) is 7.49. The van der Waals surface area contributed by atoms with E-state index >= 15 is 0 Å². The van der Waals surface area contributed by atoms with E-state index in [1.165, 1.54) is 0 Å². The molecular formula is C15H23Cl2NO. The van der Waals surface area contributed by atoms with Gasteiger partial charge in [0.05, 0.1) is 5.60 Å². The van der Waals surface area contributed by atoms with Gasteiger partial charge in [0.15, 0.2) is 0 Å². The molecule has 1 atom stereocenters. The molecule has 0 bridgehead atoms. The van der Waals surface area contributed by atoms with Crippen LogP contribution in [0.1, 0.15) is 32.8 Å². The predicted octanol–water partition coefficient (Wildman–Crippen LogP) is 3.92. The lowest BCUT2D eigenvalue weighted by Gasteiger charge is -2.24. The third-order valence-corrected chi connectivity index (χ3v) is 3.57. The van der Waals surface area contributed by atoms with Gasteiger partial charge >= 0.3 is 0 Å². The summed E-state index contributed by atoms with van der Waals surface area (Å²) in [5.41, 5.74) is 0.168. The van der Waals surface area contributed by atoms with Crippen molar-refractivity contribution < 1.29 is 5.11 Å². The molecule has 0 saturated heterocycles. The molecule has 0 saturated carbocycles. The maximum absolute atomic E-state index is 10.4. The molecule has 2 N–H and O–H groups in total. The van der Waals surface area contributed by atoms with Gasteiger partial charge in [0.1, 0.15) is 0 Å². The van der Waals surface area contributed by atoms with Crippen LogP contribution < -0.4 is 5.32 Å². The monoisotopic (exact) mass is 303 g/mol. The van der Waals surface area contributed by atoms with Crippen molar-refractivity contribution >= 4 is 23.2 Å². The van der Waals surface area contributed by atoms with Crippen LogP contribution in [0.5, 0.6) is 0 Å². The van der Waals surface area contributed by atoms with Gasteiger partial charge in [-0.3, -0.25) is 0 Å². The van der Waals surface area contributed by atoms with E-state index in [9.17, 15) is 5.11 Å². The first-order valence-corrected chi connectivity index (χ1v) is 7.43. The molecule has 0 heterocycles. The highest BCUT2D eigenvalue weighted by Gasteiger charge is 2.21. The summed E-state index contributed by atoms with van der Waals surface area (Å²) < 4.78 is 0. The van der Waals surface area contributed by atoms with Crippen molar-refractivity contribution in [2.75, 3.05) is 13.1 Å². The van der Waals surface area contributed by atoms with Crippen molar-refractivity contribution in [1.82, 2.24) is 5.32 Å². The fourth-order valence-electron chi connectivity index (χ4n) is 1.91. The topological polar surface area (TPSA) is 32.3 Å². The van der Waals surface area contributed by atoms with Gasteiger partial charge in [0.25, 0.3) is 0 Å². The third kappa shape index (κ3) is 6.62. The zero-order chi connectivity index (χ0) is 14.5. The summed E-state index contributed by atoms with van der Waals surface area (Å²) in [6.45, 7) is 7.94. The Bertz CT molecular complexity index is 405. The summed E-state index contributed by atoms with van der Waals surface area (Å²) in [5, 5.41) is 15.0. The summed E-state index contributed by atoms with van der Waals surface area (Å²) in [6, 6.07) is 5.39. The lowest BCUT2D eigenvalue weighted by atomic mass is 9.93. The number of hydrogen-bond donors (Lipinski definition) is 2. The third-order valence-electron chi connectivity index (χ3n) is 2.98. The Morgan fingerprint density at radius 1 is 1.32 bits per heavy atom. The average Bonchev–Trinajstić information content (AvgIpc) is 2.28. The van der Waals surface area contributed by atoms with Crippen molar-refractivity contribution in [2.45, 2.75) is 39.2 Å². The molecule has 0 aliphatic rings. The molecule has 4 heteroatoms. The predicted molar refractivity (Wildman–Crippen MR) is 83.1 cm³/mol. The van der Waals surface area contributed by atoms with Gasteiger partial charge in [0.2, 0.25) is 0 Å². The van der Waals surface area contributed by atoms with Crippen LogP contribution in [-0.2, 0) is 6.42 Å². The Morgan fingerprint density at radius 3 is 2.58 bits per heavy atom. The van der Waals surface area contributed by atoms with Gasteiger partial charge in [0, 0.05) is 16.5 Å². The van der Waals surface area contributed by atoms with Crippen LogP contribution in [0.25, 0.3) is 0 Å². The number of benzene rings is 1. The molecule has 0 aromatic heterocycles. The highest BCUT2D eigenvalue weighted by molar-refractivity contribution is 6.35. The second-order valence-electron chi connectivity index (χ2n) is 5.76. The maximum Gasteiger partial charge on any atom is 0.0672 e. The molecule has 0 aliphatic heterocycles. The van der Waals surface area contributed by atoms with E-state index < -0.39 is 5.60 Å². The number of hydrogen-bond acceptors (Lipinski definition) is 2. The van der Waals surface area contributed by atoms with E-state index in [2.05, 4.69) is 19.2 Å². The molecule has 1 rings (SSSR count). The summed E-state index contributed by atoms with van der Waals surface area (Å²) in [7, 11) is 0. The van der Waals surface area contributed by atoms with Gasteiger partial charge < -0.3 is 10.4 Å². The summed E-state index contributed by atoms with van der Waals surface area (Å²) >= 11 is 12.0. The van der Waals surface area contributed by atoms with Crippen LogP contribution in [0.2, 0.25) is 10.0 Å². The van der Waals surface area contributed by atoms with Gasteiger partial charge in [-0.15, -0.1) is 0 Å². The zero-order valence-electron chi connectivity index (χ0n) is 11.8. The van der Waals surface area contributed by atoms with E-state index in [-0.39, 0.29) is 0 Å². The normalized spacial score (nSPS) is 14.7. The first kappa shape index (κ1) is 16.8. The van der Waals surface area contributed by atoms with Gasteiger partial charge in [-0.2, -0.15) is 0 Å². The van der Waals surface area contributed by atoms with E-state index in [0.717, 1.165) is 18.7 Å². The van der Waals surface area contributed by atoms with Crippen molar-refractivity contribution in [1.29, 1.82) is 0 Å². The second-order valence-corrected chi connectivity index (χ2v) is 6.60. The number of halogens is 2. The Kier molecular flexibility index (Phi) is 6.61. The van der Waals surface area contributed by atoms with Crippen molar-refractivity contribution in [3.8, 4) is 0 Å². The Hall–Kier alpha value is -0.280. The highest BCUT2D eigenvalue weighted by atomic mass is 35.5. The summed E-state index contributed by atoms with van der Waals surface area (Å²) in [5.74, 6) is 0.621. The quantitative estimate of drug-likeness (QED) is 0.748. The SMILES string of the molecule is CC(C)CNCCC(C)(O)Cc1ccc(Cl)cc1Cl. The fourth-order valence-corrected chi connectivity index (χ4v) is 2.39. The molecule has 1 aromatic carbocycles. The molecule has 19 heavy (non-hydrogen) atoms. The van der Waals surface area contributed by atoms with E-state index in [1.807, 2.05) is 13.0 Å². The molecule has 1 aromatic rings. The number of aliphatic hydroxyl groups is 1. The van der Waals surface area contributed by atoms with Crippen molar-refractivity contribution in [3.63, 3.8) is 0 Å². The Balaban J connectivity index is 2.49. The van der Waals surface area contributed by atoms with Crippen LogP contribution in [-0.4, -0.2) is 23.8 Å². The molecule has 2 nitrogen and oxygen atoms in total. The van der Waals surface area contributed by atoms with Crippen LogP contribution in [0.4, 0.5) is 0 Å². The van der Waals surface area contributed by atoms with E-state index in [0.29, 0.717) is 28.8 Å². The zero-order valence-corrected chi connectivity index (χ0v) is 13.4. The minimum absolute atomic E-state index is 0.534. The standard InChI is InChI=1S/C15H23Cl2NO/c1-11(2)10-18-7-6-15(3,19)9-12-4-5-13(16)8-14(12)17/h4-5,8,11,18-19H,6-7,9-10H2,1-3H3. The largest absolute Gasteiger partial charge is 0.390 e. The number of nitrogens with one attached hydrogen (secondary N) is 1. The summed E-state index contributed by atoms with van der Waals surface area (Å²) in [6.07, 6.45) is 1.23. The molecule has 0 amide bonds. The first-order valence-electron chi connectivity index (χ1n) is 6.67. The smallest absolute Gasteiger partial charge is 0.0672 e. The van der Waals surface area contributed by atoms with E-state index in [4.69, 9.17) is 23.2 Å². The minimum atomic E-state index is -0.762. The fraction of sp³-hybridized carbons (Fsp3) is 0.600. The van der Waals surface area contributed by atoms with E-state index in [1.54, 1.807) is 12.1 Å². The van der Waals surface area contributed by atoms with Crippen LogP contribution in [0.3, 0.4) is 0 Å². The highest BCUT2D eigenvalue weighted by Crippen LogP contribution is 2.25.